The van der Waals surface area contributed by atoms with Crippen molar-refractivity contribution in [2.75, 3.05) is 5.32 Å². The molecule has 156 valence electrons. The van der Waals surface area contributed by atoms with Gasteiger partial charge in [0.25, 0.3) is 5.91 Å². The highest BCUT2D eigenvalue weighted by atomic mass is 19.1. The van der Waals surface area contributed by atoms with Gasteiger partial charge in [-0.25, -0.2) is 8.78 Å². The standard InChI is InChI=1S/C22H17F2N5O2/c1-14-26-27-28-29(14)17-10-11-19(24)20(12-17)25-22(30)18-4-2-3-5-21(18)31-13-15-6-8-16(23)9-7-15/h2-12H,13H2,1H3,(H,25,30). The predicted molar refractivity (Wildman–Crippen MR) is 109 cm³/mol. The number of hydrogen-bond donors (Lipinski definition) is 1. The molecule has 1 amide bonds. The van der Waals surface area contributed by atoms with Gasteiger partial charge in [-0.05, 0) is 65.4 Å². The average Bonchev–Trinajstić information content (AvgIpc) is 3.21. The van der Waals surface area contributed by atoms with Crippen LogP contribution in [0.4, 0.5) is 14.5 Å². The Kier molecular flexibility index (Phi) is 5.65. The van der Waals surface area contributed by atoms with Gasteiger partial charge in [-0.15, -0.1) is 5.10 Å². The van der Waals surface area contributed by atoms with E-state index in [1.165, 1.54) is 35.0 Å². The van der Waals surface area contributed by atoms with Gasteiger partial charge in [0.2, 0.25) is 0 Å². The number of rotatable bonds is 6. The molecule has 9 heteroatoms. The molecule has 0 saturated carbocycles. The third-order valence-electron chi connectivity index (χ3n) is 4.51. The van der Waals surface area contributed by atoms with Gasteiger partial charge in [0.05, 0.1) is 16.9 Å². The van der Waals surface area contributed by atoms with Gasteiger partial charge in [-0.1, -0.05) is 24.3 Å². The number of carbonyl (C=O) groups excluding carboxylic acids is 1. The lowest BCUT2D eigenvalue weighted by molar-refractivity contribution is 0.102. The quantitative estimate of drug-likeness (QED) is 0.507. The summed E-state index contributed by atoms with van der Waals surface area (Å²) in [6.45, 7) is 1.85. The highest BCUT2D eigenvalue weighted by Crippen LogP contribution is 2.24. The number of amides is 1. The van der Waals surface area contributed by atoms with Crippen LogP contribution in [-0.2, 0) is 6.61 Å². The Bertz CT molecular complexity index is 1220. The Hall–Kier alpha value is -4.14. The Morgan fingerprint density at radius 3 is 2.58 bits per heavy atom. The van der Waals surface area contributed by atoms with Crippen molar-refractivity contribution in [3.8, 4) is 11.4 Å². The van der Waals surface area contributed by atoms with Crippen LogP contribution in [0.25, 0.3) is 5.69 Å². The number of tetrazole rings is 1. The molecule has 1 heterocycles. The van der Waals surface area contributed by atoms with E-state index in [1.807, 2.05) is 0 Å². The molecule has 31 heavy (non-hydrogen) atoms. The molecule has 7 nitrogen and oxygen atoms in total. The summed E-state index contributed by atoms with van der Waals surface area (Å²) < 4.78 is 34.6. The van der Waals surface area contributed by atoms with E-state index < -0.39 is 11.7 Å². The zero-order chi connectivity index (χ0) is 21.8. The summed E-state index contributed by atoms with van der Waals surface area (Å²) in [4.78, 5) is 12.9. The van der Waals surface area contributed by atoms with Crippen LogP contribution in [0.1, 0.15) is 21.7 Å². The molecular weight excluding hydrogens is 404 g/mol. The number of carbonyl (C=O) groups is 1. The number of halogens is 2. The van der Waals surface area contributed by atoms with Crippen molar-refractivity contribution >= 4 is 11.6 Å². The fourth-order valence-corrected chi connectivity index (χ4v) is 2.92. The van der Waals surface area contributed by atoms with Gasteiger partial charge in [-0.3, -0.25) is 4.79 Å². The molecule has 0 spiro atoms. The lowest BCUT2D eigenvalue weighted by Crippen LogP contribution is -2.15. The summed E-state index contributed by atoms with van der Waals surface area (Å²) in [7, 11) is 0. The maximum Gasteiger partial charge on any atom is 0.259 e. The largest absolute Gasteiger partial charge is 0.488 e. The number of nitrogens with zero attached hydrogens (tertiary/aromatic N) is 4. The number of hydrogen-bond acceptors (Lipinski definition) is 5. The van der Waals surface area contributed by atoms with Gasteiger partial charge in [0.15, 0.2) is 5.82 Å². The summed E-state index contributed by atoms with van der Waals surface area (Å²) in [6, 6.07) is 16.6. The van der Waals surface area contributed by atoms with E-state index in [0.29, 0.717) is 17.3 Å². The third kappa shape index (κ3) is 4.55. The summed E-state index contributed by atoms with van der Waals surface area (Å²) in [5.41, 5.74) is 1.45. The lowest BCUT2D eigenvalue weighted by Gasteiger charge is -2.13. The van der Waals surface area contributed by atoms with Gasteiger partial charge in [-0.2, -0.15) is 4.68 Å². The topological polar surface area (TPSA) is 81.9 Å². The van der Waals surface area contributed by atoms with Gasteiger partial charge in [0, 0.05) is 0 Å². The first-order valence-electron chi connectivity index (χ1n) is 9.34. The van der Waals surface area contributed by atoms with Crippen LogP contribution in [-0.4, -0.2) is 26.1 Å². The van der Waals surface area contributed by atoms with Crippen molar-refractivity contribution in [3.63, 3.8) is 0 Å². The molecule has 0 fully saturated rings. The van der Waals surface area contributed by atoms with E-state index in [4.69, 9.17) is 4.74 Å². The van der Waals surface area contributed by atoms with Crippen molar-refractivity contribution in [1.29, 1.82) is 0 Å². The van der Waals surface area contributed by atoms with Crippen molar-refractivity contribution in [2.24, 2.45) is 0 Å². The van der Waals surface area contributed by atoms with Crippen LogP contribution < -0.4 is 10.1 Å². The van der Waals surface area contributed by atoms with E-state index in [-0.39, 0.29) is 23.7 Å². The maximum atomic E-state index is 14.4. The molecule has 4 aromatic rings. The molecule has 0 bridgehead atoms. The van der Waals surface area contributed by atoms with Crippen LogP contribution in [0.15, 0.2) is 66.7 Å². The number of anilines is 1. The zero-order valence-electron chi connectivity index (χ0n) is 16.4. The van der Waals surface area contributed by atoms with Crippen molar-refractivity contribution in [3.05, 3.63) is 95.3 Å². The smallest absolute Gasteiger partial charge is 0.259 e. The van der Waals surface area contributed by atoms with E-state index in [0.717, 1.165) is 5.56 Å². The highest BCUT2D eigenvalue weighted by Gasteiger charge is 2.16. The molecule has 0 unspecified atom stereocenters. The van der Waals surface area contributed by atoms with Crippen molar-refractivity contribution in [2.45, 2.75) is 13.5 Å². The summed E-state index contributed by atoms with van der Waals surface area (Å²) in [6.07, 6.45) is 0. The number of benzene rings is 3. The summed E-state index contributed by atoms with van der Waals surface area (Å²) >= 11 is 0. The number of aromatic nitrogens is 4. The van der Waals surface area contributed by atoms with Crippen LogP contribution in [0, 0.1) is 18.6 Å². The lowest BCUT2D eigenvalue weighted by atomic mass is 10.1. The molecule has 1 aromatic heterocycles. The Labute approximate surface area is 176 Å². The molecule has 0 atom stereocenters. The maximum absolute atomic E-state index is 14.4. The Morgan fingerprint density at radius 2 is 1.84 bits per heavy atom. The first-order chi connectivity index (χ1) is 15.0. The average molecular weight is 421 g/mol. The third-order valence-corrected chi connectivity index (χ3v) is 4.51. The van der Waals surface area contributed by atoms with E-state index in [1.54, 1.807) is 43.3 Å². The molecule has 0 aliphatic heterocycles. The fraction of sp³-hybridized carbons (Fsp3) is 0.0909. The molecule has 0 radical (unpaired) electrons. The molecular formula is C22H17F2N5O2. The van der Waals surface area contributed by atoms with Gasteiger partial charge in [0.1, 0.15) is 24.0 Å². The zero-order valence-corrected chi connectivity index (χ0v) is 16.4. The molecule has 0 aliphatic rings. The van der Waals surface area contributed by atoms with Crippen LogP contribution in [0.5, 0.6) is 5.75 Å². The van der Waals surface area contributed by atoms with Crippen LogP contribution in [0.3, 0.4) is 0 Å². The minimum absolute atomic E-state index is 0.0225. The minimum Gasteiger partial charge on any atom is -0.488 e. The number of ether oxygens (including phenoxy) is 1. The van der Waals surface area contributed by atoms with Crippen molar-refractivity contribution in [1.82, 2.24) is 20.2 Å². The number of aryl methyl sites for hydroxylation is 1. The summed E-state index contributed by atoms with van der Waals surface area (Å²) in [5.74, 6) is -0.656. The first kappa shape index (κ1) is 20.1. The second-order valence-electron chi connectivity index (χ2n) is 6.67. The second-order valence-corrected chi connectivity index (χ2v) is 6.67. The number of para-hydroxylation sites is 1. The Morgan fingerprint density at radius 1 is 1.06 bits per heavy atom. The van der Waals surface area contributed by atoms with E-state index >= 15 is 0 Å². The predicted octanol–water partition coefficient (Wildman–Crippen LogP) is 4.08. The van der Waals surface area contributed by atoms with Gasteiger partial charge >= 0.3 is 0 Å². The van der Waals surface area contributed by atoms with E-state index in [2.05, 4.69) is 20.8 Å². The normalized spacial score (nSPS) is 10.7. The van der Waals surface area contributed by atoms with Crippen LogP contribution in [0.2, 0.25) is 0 Å². The molecule has 1 N–H and O–H groups in total. The van der Waals surface area contributed by atoms with Crippen molar-refractivity contribution < 1.29 is 18.3 Å². The fourth-order valence-electron chi connectivity index (χ4n) is 2.92. The second kappa shape index (κ2) is 8.70. The molecule has 4 rings (SSSR count). The first-order valence-corrected chi connectivity index (χ1v) is 9.34. The highest BCUT2D eigenvalue weighted by molar-refractivity contribution is 6.06. The monoisotopic (exact) mass is 421 g/mol. The molecule has 0 saturated heterocycles. The Balaban J connectivity index is 1.54. The molecule has 3 aromatic carbocycles. The van der Waals surface area contributed by atoms with E-state index in [9.17, 15) is 13.6 Å². The minimum atomic E-state index is -0.604. The van der Waals surface area contributed by atoms with Crippen LogP contribution >= 0.6 is 0 Å². The molecule has 0 aliphatic carbocycles. The summed E-state index contributed by atoms with van der Waals surface area (Å²) in [5, 5.41) is 13.8. The number of nitrogens with one attached hydrogen (secondary N) is 1. The SMILES string of the molecule is Cc1nnnn1-c1ccc(F)c(NC(=O)c2ccccc2OCc2ccc(F)cc2)c1. The van der Waals surface area contributed by atoms with Gasteiger partial charge < -0.3 is 10.1 Å².